The molecule has 0 amide bonds. The van der Waals surface area contributed by atoms with E-state index in [0.717, 1.165) is 16.2 Å². The summed E-state index contributed by atoms with van der Waals surface area (Å²) in [5.41, 5.74) is 6.31. The van der Waals surface area contributed by atoms with E-state index < -0.39 is 0 Å². The van der Waals surface area contributed by atoms with E-state index in [-0.39, 0.29) is 6.54 Å². The summed E-state index contributed by atoms with van der Waals surface area (Å²) < 4.78 is 10.2. The summed E-state index contributed by atoms with van der Waals surface area (Å²) in [6, 6.07) is 5.75. The van der Waals surface area contributed by atoms with Crippen LogP contribution in [0.15, 0.2) is 27.6 Å². The molecule has 0 aliphatic rings. The Balaban J connectivity index is 2.38. The fraction of sp³-hybridized carbons (Fsp3) is 0.273. The molecule has 2 N–H and O–H groups in total. The zero-order valence-electron chi connectivity index (χ0n) is 9.64. The van der Waals surface area contributed by atoms with Crippen molar-refractivity contribution in [2.24, 2.45) is 5.73 Å². The molecule has 6 heteroatoms. The van der Waals surface area contributed by atoms with Crippen LogP contribution in [0.2, 0.25) is 0 Å². The number of methoxy groups -OCH3 is 1. The molecule has 0 aliphatic heterocycles. The van der Waals surface area contributed by atoms with Gasteiger partial charge in [-0.3, -0.25) is 0 Å². The highest BCUT2D eigenvalue weighted by molar-refractivity contribution is 7.98. The molecule has 0 saturated heterocycles. The summed E-state index contributed by atoms with van der Waals surface area (Å²) in [4.78, 5) is 5.21. The number of aromatic nitrogens is 2. The summed E-state index contributed by atoms with van der Waals surface area (Å²) >= 11 is 1.61. The number of hydrogen-bond donors (Lipinski definition) is 1. The lowest BCUT2D eigenvalue weighted by Crippen LogP contribution is -1.95. The predicted octanol–water partition coefficient (Wildman–Crippen LogP) is 1.93. The second kappa shape index (κ2) is 5.20. The fourth-order valence-corrected chi connectivity index (χ4v) is 2.03. The minimum atomic E-state index is 0.249. The van der Waals surface area contributed by atoms with Crippen molar-refractivity contribution in [3.8, 4) is 17.1 Å². The van der Waals surface area contributed by atoms with E-state index in [1.165, 1.54) is 0 Å². The number of thioether (sulfide) groups is 1. The van der Waals surface area contributed by atoms with Crippen molar-refractivity contribution in [3.05, 3.63) is 24.1 Å². The Morgan fingerprint density at radius 1 is 1.47 bits per heavy atom. The van der Waals surface area contributed by atoms with Gasteiger partial charge in [0.1, 0.15) is 5.75 Å². The normalized spacial score (nSPS) is 10.5. The van der Waals surface area contributed by atoms with Gasteiger partial charge in [0.05, 0.1) is 13.7 Å². The van der Waals surface area contributed by atoms with E-state index >= 15 is 0 Å². The molecule has 17 heavy (non-hydrogen) atoms. The van der Waals surface area contributed by atoms with Gasteiger partial charge in [-0.15, -0.1) is 11.8 Å². The Bertz CT molecular complexity index is 513. The Labute approximate surface area is 103 Å². The molecule has 90 valence electrons. The van der Waals surface area contributed by atoms with Gasteiger partial charge in [-0.05, 0) is 24.5 Å². The molecule has 1 heterocycles. The van der Waals surface area contributed by atoms with Gasteiger partial charge >= 0.3 is 0 Å². The van der Waals surface area contributed by atoms with E-state index in [0.29, 0.717) is 11.7 Å². The molecule has 0 unspecified atom stereocenters. The lowest BCUT2D eigenvalue weighted by atomic mass is 10.2. The second-order valence-electron chi connectivity index (χ2n) is 3.29. The van der Waals surface area contributed by atoms with Crippen LogP contribution in [-0.4, -0.2) is 23.5 Å². The fourth-order valence-electron chi connectivity index (χ4n) is 1.43. The van der Waals surface area contributed by atoms with Crippen LogP contribution >= 0.6 is 11.8 Å². The summed E-state index contributed by atoms with van der Waals surface area (Å²) in [7, 11) is 1.65. The maximum Gasteiger partial charge on any atom is 0.240 e. The summed E-state index contributed by atoms with van der Waals surface area (Å²) in [5, 5.41) is 3.87. The Hall–Kier alpha value is -1.53. The molecule has 2 aromatic rings. The average molecular weight is 251 g/mol. The molecule has 0 atom stereocenters. The van der Waals surface area contributed by atoms with Crippen LogP contribution < -0.4 is 10.5 Å². The van der Waals surface area contributed by atoms with Crippen LogP contribution in [0.3, 0.4) is 0 Å². The molecule has 0 aliphatic carbocycles. The maximum atomic E-state index is 5.42. The number of nitrogens with two attached hydrogens (primary N) is 1. The molecule has 0 radical (unpaired) electrons. The third-order valence-corrected chi connectivity index (χ3v) is 3.04. The van der Waals surface area contributed by atoms with Gasteiger partial charge in [0, 0.05) is 10.5 Å². The summed E-state index contributed by atoms with van der Waals surface area (Å²) in [6.45, 7) is 0.249. The van der Waals surface area contributed by atoms with Crippen LogP contribution in [0.5, 0.6) is 5.75 Å². The molecule has 2 rings (SSSR count). The molecule has 0 saturated carbocycles. The zero-order valence-corrected chi connectivity index (χ0v) is 10.5. The number of ether oxygens (including phenoxy) is 1. The van der Waals surface area contributed by atoms with Crippen molar-refractivity contribution < 1.29 is 9.26 Å². The van der Waals surface area contributed by atoms with Crippen LogP contribution in [-0.2, 0) is 6.54 Å². The van der Waals surface area contributed by atoms with Crippen LogP contribution in [0.1, 0.15) is 5.89 Å². The van der Waals surface area contributed by atoms with E-state index in [4.69, 9.17) is 15.0 Å². The van der Waals surface area contributed by atoms with E-state index in [2.05, 4.69) is 10.1 Å². The quantitative estimate of drug-likeness (QED) is 0.837. The van der Waals surface area contributed by atoms with Crippen molar-refractivity contribution in [2.45, 2.75) is 11.4 Å². The van der Waals surface area contributed by atoms with Crippen molar-refractivity contribution in [3.63, 3.8) is 0 Å². The van der Waals surface area contributed by atoms with E-state index in [1.807, 2.05) is 24.5 Å². The predicted molar refractivity (Wildman–Crippen MR) is 66.0 cm³/mol. The molecule has 0 spiro atoms. The molecule has 5 nitrogen and oxygen atoms in total. The third kappa shape index (κ3) is 2.42. The molecule has 1 aromatic heterocycles. The number of nitrogens with zero attached hydrogens (tertiary/aromatic N) is 2. The number of rotatable bonds is 4. The van der Waals surface area contributed by atoms with Crippen LogP contribution in [0.4, 0.5) is 0 Å². The monoisotopic (exact) mass is 251 g/mol. The zero-order chi connectivity index (χ0) is 12.3. The smallest absolute Gasteiger partial charge is 0.240 e. The van der Waals surface area contributed by atoms with Crippen LogP contribution in [0, 0.1) is 0 Å². The maximum absolute atomic E-state index is 5.42. The molecule has 0 bridgehead atoms. The second-order valence-corrected chi connectivity index (χ2v) is 4.13. The van der Waals surface area contributed by atoms with Gasteiger partial charge in [-0.1, -0.05) is 5.16 Å². The van der Waals surface area contributed by atoms with Crippen LogP contribution in [0.25, 0.3) is 11.4 Å². The first-order chi connectivity index (χ1) is 8.28. The molecule has 1 aromatic carbocycles. The summed E-state index contributed by atoms with van der Waals surface area (Å²) in [5.74, 6) is 1.81. The van der Waals surface area contributed by atoms with Gasteiger partial charge < -0.3 is 15.0 Å². The minimum absolute atomic E-state index is 0.249. The highest BCUT2D eigenvalue weighted by Crippen LogP contribution is 2.31. The van der Waals surface area contributed by atoms with Gasteiger partial charge in [0.25, 0.3) is 0 Å². The minimum Gasteiger partial charge on any atom is -0.496 e. The third-order valence-electron chi connectivity index (χ3n) is 2.28. The first-order valence-electron chi connectivity index (χ1n) is 5.03. The van der Waals surface area contributed by atoms with Crippen molar-refractivity contribution in [1.82, 2.24) is 10.1 Å². The number of benzene rings is 1. The molecular weight excluding hydrogens is 238 g/mol. The standard InChI is InChI=1S/C11H13N3O2S/c1-15-8-4-3-7(5-9(8)17-2)11-13-10(6-12)16-14-11/h3-5H,6,12H2,1-2H3. The SMILES string of the molecule is COc1ccc(-c2noc(CN)n2)cc1SC. The topological polar surface area (TPSA) is 74.2 Å². The van der Waals surface area contributed by atoms with Crippen molar-refractivity contribution >= 4 is 11.8 Å². The van der Waals surface area contributed by atoms with Gasteiger partial charge in [0.2, 0.25) is 11.7 Å². The van der Waals surface area contributed by atoms with Gasteiger partial charge in [0.15, 0.2) is 0 Å². The molecular formula is C11H13N3O2S. The molecule has 0 fully saturated rings. The van der Waals surface area contributed by atoms with E-state index in [1.54, 1.807) is 18.9 Å². The van der Waals surface area contributed by atoms with Gasteiger partial charge in [-0.2, -0.15) is 4.98 Å². The Morgan fingerprint density at radius 3 is 2.88 bits per heavy atom. The Morgan fingerprint density at radius 2 is 2.29 bits per heavy atom. The Kier molecular flexibility index (Phi) is 3.65. The first-order valence-corrected chi connectivity index (χ1v) is 6.26. The lowest BCUT2D eigenvalue weighted by Gasteiger charge is -2.06. The van der Waals surface area contributed by atoms with Crippen molar-refractivity contribution in [1.29, 1.82) is 0 Å². The average Bonchev–Trinajstić information content (AvgIpc) is 2.86. The number of hydrogen-bond acceptors (Lipinski definition) is 6. The van der Waals surface area contributed by atoms with Crippen molar-refractivity contribution in [2.75, 3.05) is 13.4 Å². The first kappa shape index (κ1) is 11.9. The highest BCUT2D eigenvalue weighted by Gasteiger charge is 2.10. The summed E-state index contributed by atoms with van der Waals surface area (Å²) in [6.07, 6.45) is 1.99. The lowest BCUT2D eigenvalue weighted by molar-refractivity contribution is 0.380. The van der Waals surface area contributed by atoms with Gasteiger partial charge in [-0.25, -0.2) is 0 Å². The highest BCUT2D eigenvalue weighted by atomic mass is 32.2. The largest absolute Gasteiger partial charge is 0.496 e. The van der Waals surface area contributed by atoms with E-state index in [9.17, 15) is 0 Å².